The lowest BCUT2D eigenvalue weighted by molar-refractivity contribution is 0.590. The lowest BCUT2D eigenvalue weighted by Gasteiger charge is -2.19. The largest absolute Gasteiger partial charge is 0.347 e. The zero-order chi connectivity index (χ0) is 14.9. The highest BCUT2D eigenvalue weighted by Crippen LogP contribution is 2.25. The number of aromatic nitrogens is 3. The quantitative estimate of drug-likeness (QED) is 0.848. The van der Waals surface area contributed by atoms with E-state index in [1.165, 1.54) is 5.56 Å². The molecule has 5 heteroatoms. The van der Waals surface area contributed by atoms with Crippen molar-refractivity contribution in [3.05, 3.63) is 35.1 Å². The fourth-order valence-corrected chi connectivity index (χ4v) is 1.94. The van der Waals surface area contributed by atoms with Gasteiger partial charge in [-0.1, -0.05) is 45.0 Å². The average molecular weight is 291 g/mol. The molecule has 0 unspecified atom stereocenters. The minimum absolute atomic E-state index is 0.129. The predicted molar refractivity (Wildman–Crippen MR) is 83.3 cm³/mol. The van der Waals surface area contributed by atoms with E-state index in [0.717, 1.165) is 5.56 Å². The Balaban J connectivity index is 2.41. The van der Waals surface area contributed by atoms with Crippen molar-refractivity contribution in [2.45, 2.75) is 26.2 Å². The summed E-state index contributed by atoms with van der Waals surface area (Å²) in [6.45, 7) is 6.56. The number of anilines is 1. The zero-order valence-electron chi connectivity index (χ0n) is 12.5. The molecular weight excluding hydrogens is 272 g/mol. The molecule has 4 nitrogen and oxygen atoms in total. The standard InChI is InChI=1S/C15H19ClN4/c1-15(2,3)11-8-6-10(7-9-11)12-17-13(16)19-14(18-12)20(4)5/h6-9H,1-5H3. The van der Waals surface area contributed by atoms with Crippen LogP contribution >= 0.6 is 11.6 Å². The lowest BCUT2D eigenvalue weighted by atomic mass is 9.87. The summed E-state index contributed by atoms with van der Waals surface area (Å²) in [5.41, 5.74) is 2.34. The molecule has 0 aliphatic carbocycles. The molecule has 0 aliphatic heterocycles. The van der Waals surface area contributed by atoms with Crippen molar-refractivity contribution in [2.75, 3.05) is 19.0 Å². The summed E-state index contributed by atoms with van der Waals surface area (Å²) in [4.78, 5) is 14.5. The highest BCUT2D eigenvalue weighted by atomic mass is 35.5. The normalized spacial score (nSPS) is 11.5. The number of benzene rings is 1. The molecule has 1 aromatic heterocycles. The van der Waals surface area contributed by atoms with Crippen molar-refractivity contribution in [3.8, 4) is 11.4 Å². The van der Waals surface area contributed by atoms with Gasteiger partial charge < -0.3 is 4.90 Å². The molecule has 2 aromatic rings. The molecule has 0 fully saturated rings. The molecule has 2 rings (SSSR count). The number of hydrogen-bond donors (Lipinski definition) is 0. The van der Waals surface area contributed by atoms with Gasteiger partial charge in [0.15, 0.2) is 5.82 Å². The first-order valence-corrected chi connectivity index (χ1v) is 6.85. The predicted octanol–water partition coefficient (Wildman–Crippen LogP) is 3.56. The summed E-state index contributed by atoms with van der Waals surface area (Å²) in [5, 5.41) is 0.207. The van der Waals surface area contributed by atoms with Crippen molar-refractivity contribution in [1.82, 2.24) is 15.0 Å². The van der Waals surface area contributed by atoms with Crippen LogP contribution in [0.15, 0.2) is 24.3 Å². The molecule has 1 aromatic carbocycles. The van der Waals surface area contributed by atoms with Crippen LogP contribution in [0.5, 0.6) is 0 Å². The monoisotopic (exact) mass is 290 g/mol. The van der Waals surface area contributed by atoms with E-state index in [1.54, 1.807) is 4.90 Å². The molecular formula is C15H19ClN4. The van der Waals surface area contributed by atoms with Gasteiger partial charge in [0.2, 0.25) is 11.2 Å². The maximum absolute atomic E-state index is 5.96. The Hall–Kier alpha value is -1.68. The second-order valence-corrected chi connectivity index (χ2v) is 6.29. The summed E-state index contributed by atoms with van der Waals surface area (Å²) in [5.74, 6) is 1.15. The fraction of sp³-hybridized carbons (Fsp3) is 0.400. The van der Waals surface area contributed by atoms with Gasteiger partial charge in [0, 0.05) is 19.7 Å². The smallest absolute Gasteiger partial charge is 0.229 e. The second kappa shape index (κ2) is 5.37. The lowest BCUT2D eigenvalue weighted by Crippen LogP contribution is -2.14. The molecule has 0 atom stereocenters. The van der Waals surface area contributed by atoms with E-state index in [4.69, 9.17) is 11.6 Å². The van der Waals surface area contributed by atoms with Gasteiger partial charge in [-0.05, 0) is 22.6 Å². The third-order valence-electron chi connectivity index (χ3n) is 3.01. The van der Waals surface area contributed by atoms with Crippen molar-refractivity contribution >= 4 is 17.5 Å². The molecule has 0 bridgehead atoms. The third kappa shape index (κ3) is 3.25. The van der Waals surface area contributed by atoms with Crippen LogP contribution in [0.4, 0.5) is 5.95 Å². The van der Waals surface area contributed by atoms with E-state index in [1.807, 2.05) is 26.2 Å². The Bertz CT molecular complexity index is 600. The first kappa shape index (κ1) is 14.7. The van der Waals surface area contributed by atoms with Gasteiger partial charge in [0.05, 0.1) is 0 Å². The van der Waals surface area contributed by atoms with E-state index >= 15 is 0 Å². The molecule has 106 valence electrons. The summed E-state index contributed by atoms with van der Waals surface area (Å²) in [6.07, 6.45) is 0. The van der Waals surface area contributed by atoms with Crippen LogP contribution in [0.1, 0.15) is 26.3 Å². The maximum atomic E-state index is 5.96. The average Bonchev–Trinajstić information content (AvgIpc) is 2.37. The van der Waals surface area contributed by atoms with E-state index in [-0.39, 0.29) is 10.7 Å². The van der Waals surface area contributed by atoms with Crippen molar-refractivity contribution in [2.24, 2.45) is 0 Å². The highest BCUT2D eigenvalue weighted by molar-refractivity contribution is 6.28. The Morgan fingerprint density at radius 3 is 2.05 bits per heavy atom. The van der Waals surface area contributed by atoms with Crippen LogP contribution in [-0.4, -0.2) is 29.0 Å². The SMILES string of the molecule is CN(C)c1nc(Cl)nc(-c2ccc(C(C)(C)C)cc2)n1. The van der Waals surface area contributed by atoms with Gasteiger partial charge in [0.1, 0.15) is 0 Å². The van der Waals surface area contributed by atoms with E-state index in [0.29, 0.717) is 11.8 Å². The number of nitrogens with zero attached hydrogens (tertiary/aromatic N) is 4. The summed E-state index contributed by atoms with van der Waals surface area (Å²) in [6, 6.07) is 8.24. The topological polar surface area (TPSA) is 41.9 Å². The summed E-state index contributed by atoms with van der Waals surface area (Å²) in [7, 11) is 3.75. The van der Waals surface area contributed by atoms with E-state index in [2.05, 4.69) is 47.9 Å². The summed E-state index contributed by atoms with van der Waals surface area (Å²) < 4.78 is 0. The van der Waals surface area contributed by atoms with Crippen LogP contribution in [0.2, 0.25) is 5.28 Å². The van der Waals surface area contributed by atoms with Crippen LogP contribution in [-0.2, 0) is 5.41 Å². The van der Waals surface area contributed by atoms with Crippen LogP contribution in [0.25, 0.3) is 11.4 Å². The zero-order valence-corrected chi connectivity index (χ0v) is 13.2. The molecule has 0 spiro atoms. The molecule has 0 radical (unpaired) electrons. The Morgan fingerprint density at radius 2 is 1.55 bits per heavy atom. The van der Waals surface area contributed by atoms with Gasteiger partial charge in [-0.2, -0.15) is 15.0 Å². The number of hydrogen-bond acceptors (Lipinski definition) is 4. The van der Waals surface area contributed by atoms with Gasteiger partial charge in [0.25, 0.3) is 0 Å². The van der Waals surface area contributed by atoms with E-state index in [9.17, 15) is 0 Å². The van der Waals surface area contributed by atoms with Crippen LogP contribution < -0.4 is 4.90 Å². The van der Waals surface area contributed by atoms with Gasteiger partial charge in [-0.25, -0.2) is 0 Å². The molecule has 0 saturated carbocycles. The first-order chi connectivity index (χ1) is 9.27. The van der Waals surface area contributed by atoms with Gasteiger partial charge in [-0.15, -0.1) is 0 Å². The number of halogens is 1. The molecule has 1 heterocycles. The first-order valence-electron chi connectivity index (χ1n) is 6.47. The van der Waals surface area contributed by atoms with Gasteiger partial charge in [-0.3, -0.25) is 0 Å². The Kier molecular flexibility index (Phi) is 3.95. The molecule has 20 heavy (non-hydrogen) atoms. The van der Waals surface area contributed by atoms with E-state index < -0.39 is 0 Å². The van der Waals surface area contributed by atoms with Crippen LogP contribution in [0.3, 0.4) is 0 Å². The molecule has 0 saturated heterocycles. The second-order valence-electron chi connectivity index (χ2n) is 5.95. The van der Waals surface area contributed by atoms with Crippen LogP contribution in [0, 0.1) is 0 Å². The van der Waals surface area contributed by atoms with Gasteiger partial charge >= 0.3 is 0 Å². The maximum Gasteiger partial charge on any atom is 0.229 e. The highest BCUT2D eigenvalue weighted by Gasteiger charge is 2.14. The Morgan fingerprint density at radius 1 is 0.950 bits per heavy atom. The molecule has 0 N–H and O–H groups in total. The Labute approximate surface area is 124 Å². The molecule has 0 aliphatic rings. The van der Waals surface area contributed by atoms with Crippen molar-refractivity contribution in [1.29, 1.82) is 0 Å². The third-order valence-corrected chi connectivity index (χ3v) is 3.17. The van der Waals surface area contributed by atoms with Crippen molar-refractivity contribution < 1.29 is 0 Å². The van der Waals surface area contributed by atoms with Crippen molar-refractivity contribution in [3.63, 3.8) is 0 Å². The minimum atomic E-state index is 0.129. The fourth-order valence-electron chi connectivity index (χ4n) is 1.79. The summed E-state index contributed by atoms with van der Waals surface area (Å²) >= 11 is 5.96. The molecule has 0 amide bonds. The minimum Gasteiger partial charge on any atom is -0.347 e. The number of rotatable bonds is 2.